The first-order chi connectivity index (χ1) is 16.3. The van der Waals surface area contributed by atoms with E-state index in [-0.39, 0.29) is 12.2 Å². The van der Waals surface area contributed by atoms with Crippen LogP contribution in [0.25, 0.3) is 0 Å². The van der Waals surface area contributed by atoms with Crippen LogP contribution in [-0.4, -0.2) is 72.5 Å². The Morgan fingerprint density at radius 1 is 1.35 bits per heavy atom. The Hall–Kier alpha value is -2.94. The molecule has 2 aliphatic heterocycles. The molecule has 1 aromatic heterocycles. The number of nitrogens with two attached hydrogens (primary N) is 1. The monoisotopic (exact) mass is 523 g/mol. The Bertz CT molecular complexity index is 1110. The second-order valence-corrected chi connectivity index (χ2v) is 10.5. The molecule has 1 saturated heterocycles. The van der Waals surface area contributed by atoms with Crippen LogP contribution in [0.4, 0.5) is 0 Å². The molecule has 3 atom stereocenters. The maximum atomic E-state index is 12.8. The van der Waals surface area contributed by atoms with Gasteiger partial charge in [-0.25, -0.2) is 4.79 Å². The molecular weight excluding hydrogens is 502 g/mol. The number of carbonyl (C=O) groups is 4. The van der Waals surface area contributed by atoms with Crippen LogP contribution >= 0.6 is 34.9 Å². The third-order valence-electron chi connectivity index (χ3n) is 4.87. The van der Waals surface area contributed by atoms with Gasteiger partial charge in [-0.2, -0.15) is 0 Å². The number of nitrogens with one attached hydrogen (secondary N) is 1. The Kier molecular flexibility index (Phi) is 8.66. The van der Waals surface area contributed by atoms with Crippen LogP contribution < -0.4 is 11.1 Å². The van der Waals surface area contributed by atoms with Crippen molar-refractivity contribution >= 4 is 59.1 Å². The summed E-state index contributed by atoms with van der Waals surface area (Å²) in [7, 11) is 0. The van der Waals surface area contributed by atoms with E-state index in [0.717, 1.165) is 9.35 Å². The number of thioether (sulfide) groups is 2. The van der Waals surface area contributed by atoms with E-state index in [9.17, 15) is 19.5 Å². The van der Waals surface area contributed by atoms with Crippen molar-refractivity contribution in [1.82, 2.24) is 20.4 Å². The summed E-state index contributed by atoms with van der Waals surface area (Å²) in [5.41, 5.74) is 7.28. The molecule has 11 nitrogen and oxygen atoms in total. The molecule has 2 aliphatic rings. The highest BCUT2D eigenvalue weighted by Gasteiger charge is 2.54. The molecule has 0 radical (unpaired) electrons. The fourth-order valence-corrected chi connectivity index (χ4v) is 6.64. The van der Waals surface area contributed by atoms with Crippen LogP contribution in [0.15, 0.2) is 45.9 Å². The molecule has 1 aromatic carbocycles. The van der Waals surface area contributed by atoms with E-state index in [1.807, 2.05) is 13.0 Å². The maximum Gasteiger partial charge on any atom is 0.352 e. The van der Waals surface area contributed by atoms with E-state index in [1.54, 1.807) is 24.3 Å². The molecule has 0 spiro atoms. The molecule has 1 fully saturated rings. The molecule has 4 rings (SSSR count). The van der Waals surface area contributed by atoms with E-state index >= 15 is 0 Å². The molecule has 34 heavy (non-hydrogen) atoms. The average Bonchev–Trinajstić information content (AvgIpc) is 3.25. The summed E-state index contributed by atoms with van der Waals surface area (Å²) in [6, 6.07) is 7.15. The summed E-state index contributed by atoms with van der Waals surface area (Å²) in [6.07, 6.45) is 0. The van der Waals surface area contributed by atoms with E-state index in [0.29, 0.717) is 22.6 Å². The predicted molar refractivity (Wildman–Crippen MR) is 127 cm³/mol. The number of hydrogen-bond acceptors (Lipinski definition) is 10. The van der Waals surface area contributed by atoms with Crippen LogP contribution in [0, 0.1) is 6.92 Å². The lowest BCUT2D eigenvalue weighted by Crippen LogP contribution is -2.71. The summed E-state index contributed by atoms with van der Waals surface area (Å²) < 4.78 is 0.747. The SMILES string of the molecule is Cc1nnc(SCC2=C(C(=O)O)N3C(=O)C(NC(=O)[C@@H](N)c4ccccc4)[C@@H]3SC2)s1.O=CO. The lowest BCUT2D eigenvalue weighted by molar-refractivity contribution is -0.150. The number of aromatic nitrogens is 2. The quantitative estimate of drug-likeness (QED) is 0.232. The number of carboxylic acids is 1. The molecular formula is C20H21N5O6S3. The number of aliphatic carboxylic acids is 1. The van der Waals surface area contributed by atoms with Crippen molar-refractivity contribution in [1.29, 1.82) is 0 Å². The van der Waals surface area contributed by atoms with Crippen molar-refractivity contribution in [2.45, 2.75) is 28.7 Å². The molecule has 3 heterocycles. The summed E-state index contributed by atoms with van der Waals surface area (Å²) in [5.74, 6) is -1.24. The first-order valence-electron chi connectivity index (χ1n) is 9.80. The Morgan fingerprint density at radius 3 is 2.62 bits per heavy atom. The summed E-state index contributed by atoms with van der Waals surface area (Å²) >= 11 is 4.26. The zero-order chi connectivity index (χ0) is 24.8. The van der Waals surface area contributed by atoms with E-state index in [4.69, 9.17) is 15.6 Å². The molecule has 180 valence electrons. The Balaban J connectivity index is 0.00000103. The van der Waals surface area contributed by atoms with Gasteiger partial charge in [-0.15, -0.1) is 22.0 Å². The maximum absolute atomic E-state index is 12.8. The smallest absolute Gasteiger partial charge is 0.352 e. The fourth-order valence-electron chi connectivity index (χ4n) is 3.33. The van der Waals surface area contributed by atoms with Gasteiger partial charge in [0.2, 0.25) is 5.91 Å². The molecule has 14 heteroatoms. The average molecular weight is 524 g/mol. The lowest BCUT2D eigenvalue weighted by atomic mass is 10.0. The number of carboxylic acid groups (broad SMARTS) is 2. The fraction of sp³-hybridized carbons (Fsp3) is 0.300. The van der Waals surface area contributed by atoms with Gasteiger partial charge in [-0.05, 0) is 18.1 Å². The molecule has 0 bridgehead atoms. The Morgan fingerprint density at radius 2 is 2.03 bits per heavy atom. The first kappa shape index (κ1) is 25.7. The Labute approximate surface area is 206 Å². The minimum Gasteiger partial charge on any atom is -0.483 e. The second kappa shape index (κ2) is 11.5. The third kappa shape index (κ3) is 5.58. The van der Waals surface area contributed by atoms with Crippen LogP contribution in [0.1, 0.15) is 16.6 Å². The van der Waals surface area contributed by atoms with Crippen molar-refractivity contribution in [2.24, 2.45) is 5.73 Å². The second-order valence-electron chi connectivity index (χ2n) is 7.02. The van der Waals surface area contributed by atoms with Crippen molar-refractivity contribution in [3.63, 3.8) is 0 Å². The molecule has 0 saturated carbocycles. The van der Waals surface area contributed by atoms with Gasteiger partial charge in [0.15, 0.2) is 4.34 Å². The summed E-state index contributed by atoms with van der Waals surface area (Å²) in [6.45, 7) is 1.60. The third-order valence-corrected chi connectivity index (χ3v) is 8.26. The number of rotatable bonds is 7. The number of amides is 2. The summed E-state index contributed by atoms with van der Waals surface area (Å²) in [5, 5.41) is 27.7. The van der Waals surface area contributed by atoms with Crippen LogP contribution in [0.3, 0.4) is 0 Å². The van der Waals surface area contributed by atoms with Crippen LogP contribution in [-0.2, 0) is 19.2 Å². The van der Waals surface area contributed by atoms with Crippen LogP contribution in [0.2, 0.25) is 0 Å². The number of nitrogens with zero attached hydrogens (tertiary/aromatic N) is 3. The number of hydrogen-bond donors (Lipinski definition) is 4. The number of aryl methyl sites for hydroxylation is 1. The highest BCUT2D eigenvalue weighted by molar-refractivity contribution is 8.01. The van der Waals surface area contributed by atoms with E-state index < -0.39 is 35.2 Å². The topological polar surface area (TPSA) is 176 Å². The van der Waals surface area contributed by atoms with Gasteiger partial charge in [0.25, 0.3) is 12.4 Å². The minimum atomic E-state index is -1.16. The normalized spacial score (nSPS) is 19.8. The largest absolute Gasteiger partial charge is 0.483 e. The van der Waals surface area contributed by atoms with Gasteiger partial charge in [-0.3, -0.25) is 19.3 Å². The molecule has 2 amide bonds. The van der Waals surface area contributed by atoms with Gasteiger partial charge in [0.1, 0.15) is 28.2 Å². The number of fused-ring (bicyclic) bond motifs is 1. The first-order valence-corrected chi connectivity index (χ1v) is 12.6. The van der Waals surface area contributed by atoms with Gasteiger partial charge in [0, 0.05) is 11.5 Å². The minimum absolute atomic E-state index is 0.0136. The van der Waals surface area contributed by atoms with Gasteiger partial charge in [-0.1, -0.05) is 53.4 Å². The van der Waals surface area contributed by atoms with Crippen molar-refractivity contribution in [3.05, 3.63) is 52.2 Å². The summed E-state index contributed by atoms with van der Waals surface area (Å²) in [4.78, 5) is 46.9. The van der Waals surface area contributed by atoms with E-state index in [2.05, 4.69) is 15.5 Å². The molecule has 2 aromatic rings. The van der Waals surface area contributed by atoms with Crippen LogP contribution in [0.5, 0.6) is 0 Å². The highest BCUT2D eigenvalue weighted by atomic mass is 32.2. The number of carbonyl (C=O) groups excluding carboxylic acids is 2. The van der Waals surface area contributed by atoms with Gasteiger partial charge < -0.3 is 21.3 Å². The standard InChI is InChI=1S/C19H19N5O4S3.CH2O2/c1-9-22-23-19(31-9)30-8-11-7-29-17-13(16(26)24(17)14(11)18(27)28)21-15(25)12(20)10-5-3-2-4-6-10;2-1-3/h2-6,12-13,17H,7-8,20H2,1H3,(H,21,25)(H,27,28);1H,(H,2,3)/t12-,13?,17-;/m0./s1. The number of β-lactam (4-membered cyclic amide) rings is 1. The molecule has 1 unspecified atom stereocenters. The lowest BCUT2D eigenvalue weighted by Gasteiger charge is -2.49. The zero-order valence-corrected chi connectivity index (χ0v) is 20.2. The zero-order valence-electron chi connectivity index (χ0n) is 17.8. The van der Waals surface area contributed by atoms with Crippen molar-refractivity contribution < 1.29 is 29.4 Å². The van der Waals surface area contributed by atoms with Crippen molar-refractivity contribution in [3.8, 4) is 0 Å². The van der Waals surface area contributed by atoms with Gasteiger partial charge >= 0.3 is 5.97 Å². The van der Waals surface area contributed by atoms with Crippen molar-refractivity contribution in [2.75, 3.05) is 11.5 Å². The predicted octanol–water partition coefficient (Wildman–Crippen LogP) is 1.08. The van der Waals surface area contributed by atoms with E-state index in [1.165, 1.54) is 39.8 Å². The molecule has 0 aliphatic carbocycles. The molecule has 5 N–H and O–H groups in total. The highest BCUT2D eigenvalue weighted by Crippen LogP contribution is 2.41. The van der Waals surface area contributed by atoms with Gasteiger partial charge in [0.05, 0.1) is 0 Å². The number of benzene rings is 1.